The van der Waals surface area contributed by atoms with E-state index in [-0.39, 0.29) is 6.10 Å². The SMILES string of the molecule is CN1C[C@H](CSCC2CCCCC2)[C@@H](O)C1. The number of nitrogens with zero attached hydrogens (tertiary/aromatic N) is 1. The second-order valence-electron chi connectivity index (χ2n) is 5.59. The number of hydrogen-bond acceptors (Lipinski definition) is 3. The van der Waals surface area contributed by atoms with Gasteiger partial charge in [-0.05, 0) is 37.3 Å². The summed E-state index contributed by atoms with van der Waals surface area (Å²) in [6, 6.07) is 0. The molecule has 1 saturated heterocycles. The molecule has 1 N–H and O–H groups in total. The molecule has 0 spiro atoms. The lowest BCUT2D eigenvalue weighted by molar-refractivity contribution is 0.152. The Morgan fingerprint density at radius 1 is 1.12 bits per heavy atom. The van der Waals surface area contributed by atoms with Crippen LogP contribution in [0.1, 0.15) is 32.1 Å². The largest absolute Gasteiger partial charge is 0.391 e. The van der Waals surface area contributed by atoms with Gasteiger partial charge in [-0.25, -0.2) is 0 Å². The van der Waals surface area contributed by atoms with E-state index in [1.807, 2.05) is 0 Å². The van der Waals surface area contributed by atoms with Gasteiger partial charge in [0, 0.05) is 19.0 Å². The molecule has 1 saturated carbocycles. The van der Waals surface area contributed by atoms with Gasteiger partial charge >= 0.3 is 0 Å². The van der Waals surface area contributed by atoms with E-state index < -0.39 is 0 Å². The van der Waals surface area contributed by atoms with Gasteiger partial charge in [0.05, 0.1) is 6.10 Å². The maximum Gasteiger partial charge on any atom is 0.0715 e. The van der Waals surface area contributed by atoms with Gasteiger partial charge in [-0.3, -0.25) is 0 Å². The van der Waals surface area contributed by atoms with E-state index in [2.05, 4.69) is 23.7 Å². The molecule has 0 aromatic heterocycles. The zero-order valence-corrected chi connectivity index (χ0v) is 11.2. The van der Waals surface area contributed by atoms with Crippen LogP contribution in [-0.2, 0) is 0 Å². The number of hydrogen-bond donors (Lipinski definition) is 1. The van der Waals surface area contributed by atoms with Crippen LogP contribution in [0.2, 0.25) is 0 Å². The topological polar surface area (TPSA) is 23.5 Å². The molecule has 0 aromatic carbocycles. The molecule has 0 amide bonds. The minimum atomic E-state index is -0.0798. The first-order chi connectivity index (χ1) is 7.75. The maximum absolute atomic E-state index is 9.84. The molecule has 94 valence electrons. The molecule has 2 nitrogen and oxygen atoms in total. The number of aliphatic hydroxyl groups excluding tert-OH is 1. The highest BCUT2D eigenvalue weighted by molar-refractivity contribution is 7.99. The van der Waals surface area contributed by atoms with Crippen LogP contribution in [0.4, 0.5) is 0 Å². The molecule has 2 rings (SSSR count). The van der Waals surface area contributed by atoms with Crippen LogP contribution < -0.4 is 0 Å². The van der Waals surface area contributed by atoms with Gasteiger partial charge in [0.25, 0.3) is 0 Å². The van der Waals surface area contributed by atoms with Crippen molar-refractivity contribution in [3.63, 3.8) is 0 Å². The van der Waals surface area contributed by atoms with E-state index in [4.69, 9.17) is 0 Å². The lowest BCUT2D eigenvalue weighted by Gasteiger charge is -2.22. The van der Waals surface area contributed by atoms with E-state index in [1.54, 1.807) is 0 Å². The number of rotatable bonds is 4. The number of thioether (sulfide) groups is 1. The molecule has 1 aliphatic heterocycles. The Morgan fingerprint density at radius 2 is 1.88 bits per heavy atom. The molecule has 2 aliphatic rings. The van der Waals surface area contributed by atoms with Crippen molar-refractivity contribution in [2.24, 2.45) is 11.8 Å². The minimum Gasteiger partial charge on any atom is -0.391 e. The average molecular weight is 243 g/mol. The summed E-state index contributed by atoms with van der Waals surface area (Å²) in [5, 5.41) is 9.84. The van der Waals surface area contributed by atoms with Crippen molar-refractivity contribution in [2.45, 2.75) is 38.2 Å². The normalized spacial score (nSPS) is 33.4. The smallest absolute Gasteiger partial charge is 0.0715 e. The standard InChI is InChI=1S/C13H25NOS/c1-14-7-12(13(15)8-14)10-16-9-11-5-3-2-4-6-11/h11-13,15H,2-10H2,1H3/t12-,13+/m1/s1. The van der Waals surface area contributed by atoms with Crippen molar-refractivity contribution in [1.29, 1.82) is 0 Å². The van der Waals surface area contributed by atoms with Gasteiger partial charge in [0.15, 0.2) is 0 Å². The van der Waals surface area contributed by atoms with E-state index >= 15 is 0 Å². The third-order valence-corrected chi connectivity index (χ3v) is 5.37. The first-order valence-electron chi connectivity index (χ1n) is 6.70. The molecule has 3 heteroatoms. The summed E-state index contributed by atoms with van der Waals surface area (Å²) in [5.41, 5.74) is 0. The molecular formula is C13H25NOS. The van der Waals surface area contributed by atoms with Crippen molar-refractivity contribution < 1.29 is 5.11 Å². The monoisotopic (exact) mass is 243 g/mol. The molecule has 16 heavy (non-hydrogen) atoms. The van der Waals surface area contributed by atoms with Crippen LogP contribution >= 0.6 is 11.8 Å². The lowest BCUT2D eigenvalue weighted by atomic mass is 9.91. The predicted octanol–water partition coefficient (Wildman–Crippen LogP) is 2.22. The Balaban J connectivity index is 1.60. The molecule has 2 atom stereocenters. The van der Waals surface area contributed by atoms with Crippen molar-refractivity contribution >= 4 is 11.8 Å². The van der Waals surface area contributed by atoms with Gasteiger partial charge in [-0.2, -0.15) is 11.8 Å². The predicted molar refractivity (Wildman–Crippen MR) is 70.9 cm³/mol. The van der Waals surface area contributed by atoms with Crippen molar-refractivity contribution in [3.8, 4) is 0 Å². The Morgan fingerprint density at radius 3 is 2.50 bits per heavy atom. The Bertz CT molecular complexity index is 206. The summed E-state index contributed by atoms with van der Waals surface area (Å²) in [6.45, 7) is 1.95. The number of likely N-dealkylation sites (N-methyl/N-ethyl adjacent to an activating group) is 1. The van der Waals surface area contributed by atoms with Crippen molar-refractivity contribution in [3.05, 3.63) is 0 Å². The van der Waals surface area contributed by atoms with Crippen LogP contribution in [0, 0.1) is 11.8 Å². The van der Waals surface area contributed by atoms with E-state index in [0.29, 0.717) is 5.92 Å². The highest BCUT2D eigenvalue weighted by atomic mass is 32.2. The fourth-order valence-corrected chi connectivity index (χ4v) is 4.40. The summed E-state index contributed by atoms with van der Waals surface area (Å²) in [7, 11) is 2.11. The lowest BCUT2D eigenvalue weighted by Crippen LogP contribution is -2.20. The first-order valence-corrected chi connectivity index (χ1v) is 7.85. The van der Waals surface area contributed by atoms with Gasteiger partial charge in [0.1, 0.15) is 0 Å². The summed E-state index contributed by atoms with van der Waals surface area (Å²) in [5.74, 6) is 3.96. The van der Waals surface area contributed by atoms with Crippen LogP contribution in [0.3, 0.4) is 0 Å². The van der Waals surface area contributed by atoms with Gasteiger partial charge in [-0.1, -0.05) is 19.3 Å². The Hall–Kier alpha value is 0.270. The minimum absolute atomic E-state index is 0.0798. The maximum atomic E-state index is 9.84. The zero-order valence-electron chi connectivity index (χ0n) is 10.4. The third kappa shape index (κ3) is 3.64. The third-order valence-electron chi connectivity index (χ3n) is 4.00. The molecule has 0 aromatic rings. The van der Waals surface area contributed by atoms with Crippen LogP contribution in [-0.4, -0.2) is 47.8 Å². The fourth-order valence-electron chi connectivity index (χ4n) is 2.97. The van der Waals surface area contributed by atoms with Crippen molar-refractivity contribution in [2.75, 3.05) is 31.6 Å². The van der Waals surface area contributed by atoms with Gasteiger partial charge in [-0.15, -0.1) is 0 Å². The highest BCUT2D eigenvalue weighted by Gasteiger charge is 2.28. The van der Waals surface area contributed by atoms with E-state index in [1.165, 1.54) is 37.9 Å². The number of β-amino-alcohol motifs (C(OH)–C–C–N with tert-alkyl or cyclic N) is 1. The molecule has 0 unspecified atom stereocenters. The van der Waals surface area contributed by atoms with E-state index in [0.717, 1.165) is 24.8 Å². The summed E-state index contributed by atoms with van der Waals surface area (Å²) >= 11 is 2.08. The quantitative estimate of drug-likeness (QED) is 0.819. The molecule has 1 heterocycles. The fraction of sp³-hybridized carbons (Fsp3) is 1.00. The molecule has 2 fully saturated rings. The van der Waals surface area contributed by atoms with Crippen molar-refractivity contribution in [1.82, 2.24) is 4.90 Å². The average Bonchev–Trinajstić information content (AvgIpc) is 2.59. The Kier molecular flexibility index (Phi) is 4.98. The summed E-state index contributed by atoms with van der Waals surface area (Å²) in [6.07, 6.45) is 7.15. The molecular weight excluding hydrogens is 218 g/mol. The molecule has 0 radical (unpaired) electrons. The Labute approximate surface area is 104 Å². The molecule has 0 bridgehead atoms. The second kappa shape index (κ2) is 6.27. The van der Waals surface area contributed by atoms with Crippen LogP contribution in [0.5, 0.6) is 0 Å². The second-order valence-corrected chi connectivity index (χ2v) is 6.67. The number of likely N-dealkylation sites (tertiary alicyclic amines) is 1. The highest BCUT2D eigenvalue weighted by Crippen LogP contribution is 2.28. The first kappa shape index (κ1) is 12.7. The van der Waals surface area contributed by atoms with Crippen LogP contribution in [0.15, 0.2) is 0 Å². The van der Waals surface area contributed by atoms with Crippen LogP contribution in [0.25, 0.3) is 0 Å². The van der Waals surface area contributed by atoms with Gasteiger partial charge in [0.2, 0.25) is 0 Å². The van der Waals surface area contributed by atoms with E-state index in [9.17, 15) is 5.11 Å². The number of aliphatic hydroxyl groups is 1. The van der Waals surface area contributed by atoms with Gasteiger partial charge < -0.3 is 10.0 Å². The zero-order chi connectivity index (χ0) is 11.4. The molecule has 1 aliphatic carbocycles. The summed E-state index contributed by atoms with van der Waals surface area (Å²) in [4.78, 5) is 2.25. The summed E-state index contributed by atoms with van der Waals surface area (Å²) < 4.78 is 0.